The van der Waals surface area contributed by atoms with Crippen LogP contribution < -0.4 is 16.5 Å². The van der Waals surface area contributed by atoms with Gasteiger partial charge in [-0.05, 0) is 20.8 Å². The van der Waals surface area contributed by atoms with Crippen molar-refractivity contribution in [2.45, 2.75) is 38.5 Å². The summed E-state index contributed by atoms with van der Waals surface area (Å²) in [6.45, 7) is 4.05. The highest BCUT2D eigenvalue weighted by Gasteiger charge is 2.58. The van der Waals surface area contributed by atoms with Gasteiger partial charge in [0, 0.05) is 6.07 Å². The fourth-order valence-electron chi connectivity index (χ4n) is 3.09. The Morgan fingerprint density at radius 3 is 2.58 bits per heavy atom. The molecule has 0 saturated carbocycles. The number of hydrogen-bond acceptors (Lipinski definition) is 13. The Labute approximate surface area is 211 Å². The third kappa shape index (κ3) is 5.36. The molecule has 0 radical (unpaired) electrons. The zero-order valence-corrected chi connectivity index (χ0v) is 21.0. The van der Waals surface area contributed by atoms with Crippen molar-refractivity contribution >= 4 is 56.0 Å². The van der Waals surface area contributed by atoms with Gasteiger partial charge in [0.25, 0.3) is 11.8 Å². The summed E-state index contributed by atoms with van der Waals surface area (Å²) in [6.07, 6.45) is -0.418. The highest BCUT2D eigenvalue weighted by molar-refractivity contribution is 7.80. The first kappa shape index (κ1) is 27.1. The molecule has 2 amide bonds. The minimum absolute atomic E-state index is 0.0287. The molecular weight excluding hydrogens is 548 g/mol. The molecule has 16 nitrogen and oxygen atoms in total. The number of oxime groups is 1. The van der Waals surface area contributed by atoms with E-state index < -0.39 is 56.8 Å². The molecule has 6 N–H and O–H groups in total. The van der Waals surface area contributed by atoms with Gasteiger partial charge in [0.1, 0.15) is 21.8 Å². The number of carbonyl (C=O) groups is 2. The largest absolute Gasteiger partial charge is 0.503 e. The summed E-state index contributed by atoms with van der Waals surface area (Å²) in [6, 6.07) is -0.452. The van der Waals surface area contributed by atoms with E-state index in [0.717, 1.165) is 23.6 Å². The van der Waals surface area contributed by atoms with E-state index in [9.17, 15) is 33.1 Å². The van der Waals surface area contributed by atoms with E-state index in [-0.39, 0.29) is 20.9 Å². The monoisotopic (exact) mass is 566 g/mol. The molecule has 0 aromatic carbocycles. The molecule has 3 heterocycles. The van der Waals surface area contributed by atoms with Crippen LogP contribution in [0.4, 0.5) is 5.13 Å². The molecule has 2 aromatic rings. The second kappa shape index (κ2) is 9.54. The molecule has 2 atom stereocenters. The summed E-state index contributed by atoms with van der Waals surface area (Å²) in [4.78, 5) is 46.3. The van der Waals surface area contributed by atoms with E-state index in [1.807, 2.05) is 0 Å². The Balaban J connectivity index is 1.90. The van der Waals surface area contributed by atoms with Gasteiger partial charge in [-0.3, -0.25) is 18.9 Å². The average Bonchev–Trinajstić information content (AvgIpc) is 3.09. The molecule has 2 aromatic heterocycles. The molecule has 1 fully saturated rings. The number of thiazole rings is 1. The standard InChI is InChI=1S/C17H19ClN6O10S2/c1-6(7-4-8(25)9(26)5-23(7)29)33-22-11(10-13(18)35-16(19)20-10)14(27)21-12-15(28)24(17(12,2)3)34-36(30,31)32/h4-6,12,26,29H,1-3H3,(H2,19,20)(H,21,27)(H,30,31,32)/b22-11-/t6?,12-/m1/s1. The molecule has 3 rings (SSSR count). The smallest absolute Gasteiger partial charge is 0.418 e. The molecule has 1 saturated heterocycles. The van der Waals surface area contributed by atoms with Crippen molar-refractivity contribution in [2.75, 3.05) is 5.73 Å². The number of hydroxylamine groups is 2. The number of hydrogen-bond donors (Lipinski definition) is 5. The van der Waals surface area contributed by atoms with Gasteiger partial charge in [0.05, 0.1) is 11.7 Å². The van der Waals surface area contributed by atoms with E-state index in [2.05, 4.69) is 19.7 Å². The molecule has 196 valence electrons. The van der Waals surface area contributed by atoms with E-state index in [4.69, 9.17) is 26.7 Å². The second-order valence-corrected chi connectivity index (χ2v) is 10.5. The van der Waals surface area contributed by atoms with Crippen LogP contribution in [0.25, 0.3) is 0 Å². The van der Waals surface area contributed by atoms with Gasteiger partial charge >= 0.3 is 10.4 Å². The number of halogens is 1. The normalized spacial score (nSPS) is 18.5. The van der Waals surface area contributed by atoms with Gasteiger partial charge in [0.2, 0.25) is 5.43 Å². The van der Waals surface area contributed by atoms with Gasteiger partial charge < -0.3 is 26.2 Å². The van der Waals surface area contributed by atoms with Crippen molar-refractivity contribution in [1.82, 2.24) is 20.1 Å². The maximum Gasteiger partial charge on any atom is 0.418 e. The van der Waals surface area contributed by atoms with Crippen molar-refractivity contribution in [1.29, 1.82) is 0 Å². The summed E-state index contributed by atoms with van der Waals surface area (Å²) < 4.78 is 35.4. The minimum Gasteiger partial charge on any atom is -0.503 e. The molecule has 1 unspecified atom stereocenters. The molecular formula is C17H19ClN6O10S2. The van der Waals surface area contributed by atoms with E-state index in [1.165, 1.54) is 20.8 Å². The van der Waals surface area contributed by atoms with Gasteiger partial charge in [-0.15, -0.1) is 4.28 Å². The molecule has 0 spiro atoms. The zero-order chi connectivity index (χ0) is 27.2. The van der Waals surface area contributed by atoms with E-state index in [1.54, 1.807) is 0 Å². The van der Waals surface area contributed by atoms with Crippen LogP contribution in [0.5, 0.6) is 5.75 Å². The third-order valence-electron chi connectivity index (χ3n) is 4.92. The van der Waals surface area contributed by atoms with Crippen molar-refractivity contribution in [3.05, 3.63) is 38.2 Å². The lowest BCUT2D eigenvalue weighted by Crippen LogP contribution is -2.76. The number of pyridine rings is 1. The maximum absolute atomic E-state index is 13.1. The number of nitrogen functional groups attached to an aromatic ring is 1. The predicted molar refractivity (Wildman–Crippen MR) is 123 cm³/mol. The lowest BCUT2D eigenvalue weighted by atomic mass is 9.84. The van der Waals surface area contributed by atoms with Crippen LogP contribution in [0.2, 0.25) is 4.34 Å². The Morgan fingerprint density at radius 1 is 1.42 bits per heavy atom. The fraction of sp³-hybridized carbons (Fsp3) is 0.353. The number of anilines is 1. The van der Waals surface area contributed by atoms with Crippen LogP contribution in [0.1, 0.15) is 38.3 Å². The lowest BCUT2D eigenvalue weighted by Gasteiger charge is -2.50. The quantitative estimate of drug-likeness (QED) is 0.0918. The fourth-order valence-corrected chi connectivity index (χ4v) is 4.47. The second-order valence-electron chi connectivity index (χ2n) is 7.85. The molecule has 1 aliphatic rings. The van der Waals surface area contributed by atoms with Crippen LogP contribution in [-0.2, 0) is 29.1 Å². The topological polar surface area (TPSA) is 236 Å². The molecule has 0 bridgehead atoms. The minimum atomic E-state index is -5.01. The number of amides is 2. The summed E-state index contributed by atoms with van der Waals surface area (Å²) >= 11 is 6.91. The highest BCUT2D eigenvalue weighted by Crippen LogP contribution is 2.33. The summed E-state index contributed by atoms with van der Waals surface area (Å²) in [5.74, 6) is -2.77. The Bertz CT molecular complexity index is 1420. The maximum atomic E-state index is 13.1. The van der Waals surface area contributed by atoms with Crippen molar-refractivity contribution in [3.8, 4) is 5.75 Å². The average molecular weight is 567 g/mol. The van der Waals surface area contributed by atoms with Crippen molar-refractivity contribution < 1.29 is 42.0 Å². The SMILES string of the molecule is CC(O/N=C(\C(=O)N[C@@H]1C(=O)N(OS(=O)(=O)O)C1(C)C)c1nc(N)sc1Cl)c1cc(=O)c(O)cn1O. The lowest BCUT2D eigenvalue weighted by molar-refractivity contribution is -0.218. The number of nitrogens with one attached hydrogen (secondary N) is 1. The number of nitrogens with two attached hydrogens (primary N) is 1. The number of β-lactam (4-membered cyclic amide) rings is 1. The third-order valence-corrected chi connectivity index (χ3v) is 6.34. The summed E-state index contributed by atoms with van der Waals surface area (Å²) in [7, 11) is -5.01. The molecule has 19 heteroatoms. The van der Waals surface area contributed by atoms with Crippen LogP contribution >= 0.6 is 22.9 Å². The van der Waals surface area contributed by atoms with E-state index in [0.29, 0.717) is 9.79 Å². The number of carbonyl (C=O) groups excluding carboxylic acids is 2. The van der Waals surface area contributed by atoms with Crippen LogP contribution in [-0.4, -0.2) is 67.2 Å². The Morgan fingerprint density at radius 2 is 2.06 bits per heavy atom. The zero-order valence-electron chi connectivity index (χ0n) is 18.6. The first-order valence-electron chi connectivity index (χ1n) is 9.65. The van der Waals surface area contributed by atoms with Crippen LogP contribution in [0, 0.1) is 0 Å². The van der Waals surface area contributed by atoms with Gasteiger partial charge in [-0.1, -0.05) is 28.1 Å². The highest BCUT2D eigenvalue weighted by atomic mass is 35.5. The molecule has 1 aliphatic heterocycles. The number of aromatic hydroxyl groups is 1. The number of rotatable bonds is 8. The number of aromatic nitrogens is 2. The summed E-state index contributed by atoms with van der Waals surface area (Å²) in [5.41, 5.74) is 2.49. The van der Waals surface area contributed by atoms with Gasteiger partial charge in [-0.2, -0.15) is 18.2 Å². The van der Waals surface area contributed by atoms with E-state index >= 15 is 0 Å². The Kier molecular flexibility index (Phi) is 7.19. The van der Waals surface area contributed by atoms with Crippen LogP contribution in [0.15, 0.2) is 22.2 Å². The molecule has 36 heavy (non-hydrogen) atoms. The van der Waals surface area contributed by atoms with Crippen molar-refractivity contribution in [2.24, 2.45) is 5.16 Å². The summed E-state index contributed by atoms with van der Waals surface area (Å²) in [5, 5.41) is 25.7. The number of nitrogens with zero attached hydrogens (tertiary/aromatic N) is 4. The molecule has 0 aliphatic carbocycles. The van der Waals surface area contributed by atoms with Gasteiger partial charge in [-0.25, -0.2) is 4.98 Å². The van der Waals surface area contributed by atoms with Gasteiger partial charge in [0.15, 0.2) is 22.7 Å². The predicted octanol–water partition coefficient (Wildman–Crippen LogP) is -0.195. The first-order valence-corrected chi connectivity index (χ1v) is 12.2. The van der Waals surface area contributed by atoms with Crippen molar-refractivity contribution in [3.63, 3.8) is 0 Å². The van der Waals surface area contributed by atoms with Crippen LogP contribution in [0.3, 0.4) is 0 Å². The Hall–Kier alpha value is -3.45. The first-order chi connectivity index (χ1) is 16.5.